The summed E-state index contributed by atoms with van der Waals surface area (Å²) in [5.74, 6) is 0. The average molecular weight is 762 g/mol. The first-order valence-electron chi connectivity index (χ1n) is 16.5. The quantitative estimate of drug-likeness (QED) is 0.174. The van der Waals surface area contributed by atoms with Crippen LogP contribution in [0.15, 0.2) is 165 Å². The van der Waals surface area contributed by atoms with Crippen molar-refractivity contribution in [3.63, 3.8) is 0 Å². The van der Waals surface area contributed by atoms with Crippen LogP contribution >= 0.6 is 31.9 Å². The molecule has 8 aromatic rings. The summed E-state index contributed by atoms with van der Waals surface area (Å²) < 4.78 is 8.51. The van der Waals surface area contributed by atoms with Crippen molar-refractivity contribution in [2.75, 3.05) is 4.90 Å². The zero-order chi connectivity index (χ0) is 33.3. The fourth-order valence-corrected chi connectivity index (χ4v) is 8.39. The van der Waals surface area contributed by atoms with E-state index in [9.17, 15) is 0 Å². The molecule has 1 aliphatic rings. The van der Waals surface area contributed by atoms with Crippen molar-refractivity contribution in [1.82, 2.24) is 0 Å². The molecule has 1 heterocycles. The second kappa shape index (κ2) is 11.6. The summed E-state index contributed by atoms with van der Waals surface area (Å²) in [6.07, 6.45) is 0. The number of nitrogens with zero attached hydrogens (tertiary/aromatic N) is 1. The normalized spacial score (nSPS) is 13.1. The summed E-state index contributed by atoms with van der Waals surface area (Å²) in [5, 5.41) is 2.28. The Hall–Kier alpha value is -4.90. The Bertz CT molecular complexity index is 2540. The molecule has 0 N–H and O–H groups in total. The maximum Gasteiger partial charge on any atom is 0.143 e. The number of hydrogen-bond acceptors (Lipinski definition) is 2. The van der Waals surface area contributed by atoms with E-state index in [2.05, 4.69) is 190 Å². The second-order valence-electron chi connectivity index (χ2n) is 13.2. The van der Waals surface area contributed by atoms with E-state index in [4.69, 9.17) is 4.42 Å². The van der Waals surface area contributed by atoms with Crippen LogP contribution in [-0.4, -0.2) is 0 Å². The Kier molecular flexibility index (Phi) is 7.15. The predicted molar refractivity (Wildman–Crippen MR) is 212 cm³/mol. The molecule has 0 atom stereocenters. The lowest BCUT2D eigenvalue weighted by Gasteiger charge is -2.28. The van der Waals surface area contributed by atoms with Crippen LogP contribution in [0, 0.1) is 0 Å². The first-order valence-corrected chi connectivity index (χ1v) is 18.1. The summed E-state index contributed by atoms with van der Waals surface area (Å²) in [6, 6.07) is 54.4. The van der Waals surface area contributed by atoms with Gasteiger partial charge in [-0.15, -0.1) is 0 Å². The third-order valence-electron chi connectivity index (χ3n) is 10.0. The average Bonchev–Trinajstić information content (AvgIpc) is 3.62. The summed E-state index contributed by atoms with van der Waals surface area (Å²) in [5.41, 5.74) is 14.9. The van der Waals surface area contributed by atoms with E-state index in [1.165, 1.54) is 22.3 Å². The van der Waals surface area contributed by atoms with Gasteiger partial charge in [0.1, 0.15) is 11.2 Å². The predicted octanol–water partition coefficient (Wildman–Crippen LogP) is 14.2. The first-order chi connectivity index (χ1) is 23.9. The molecule has 2 nitrogen and oxygen atoms in total. The van der Waals surface area contributed by atoms with Crippen LogP contribution in [0.4, 0.5) is 17.1 Å². The van der Waals surface area contributed by atoms with Crippen LogP contribution in [-0.2, 0) is 5.41 Å². The third-order valence-corrected chi connectivity index (χ3v) is 11.2. The Morgan fingerprint density at radius 3 is 1.88 bits per heavy atom. The van der Waals surface area contributed by atoms with Gasteiger partial charge in [0.05, 0.1) is 0 Å². The molecule has 4 heteroatoms. The largest absolute Gasteiger partial charge is 0.455 e. The molecule has 7 aromatic carbocycles. The van der Waals surface area contributed by atoms with Gasteiger partial charge >= 0.3 is 0 Å². The Balaban J connectivity index is 1.16. The minimum Gasteiger partial charge on any atom is -0.455 e. The minimum absolute atomic E-state index is 0.0977. The van der Waals surface area contributed by atoms with Crippen LogP contribution in [0.5, 0.6) is 0 Å². The molecular weight excluding hydrogens is 730 g/mol. The van der Waals surface area contributed by atoms with Gasteiger partial charge < -0.3 is 9.32 Å². The van der Waals surface area contributed by atoms with Crippen molar-refractivity contribution in [2.45, 2.75) is 19.3 Å². The van der Waals surface area contributed by atoms with E-state index in [-0.39, 0.29) is 5.41 Å². The molecule has 1 aromatic heterocycles. The lowest BCUT2D eigenvalue weighted by Crippen LogP contribution is -2.16. The minimum atomic E-state index is -0.0977. The van der Waals surface area contributed by atoms with Crippen LogP contribution in [0.3, 0.4) is 0 Å². The van der Waals surface area contributed by atoms with Crippen molar-refractivity contribution in [3.05, 3.63) is 172 Å². The Morgan fingerprint density at radius 1 is 0.490 bits per heavy atom. The van der Waals surface area contributed by atoms with E-state index < -0.39 is 0 Å². The molecule has 0 unspecified atom stereocenters. The van der Waals surface area contributed by atoms with Crippen molar-refractivity contribution >= 4 is 70.9 Å². The number of halogens is 2. The smallest absolute Gasteiger partial charge is 0.143 e. The van der Waals surface area contributed by atoms with E-state index in [0.29, 0.717) is 0 Å². The molecule has 0 radical (unpaired) electrons. The number of furan rings is 1. The van der Waals surface area contributed by atoms with E-state index >= 15 is 0 Å². The van der Waals surface area contributed by atoms with Gasteiger partial charge in [-0.05, 0) is 99.6 Å². The molecule has 0 amide bonds. The number of anilines is 3. The van der Waals surface area contributed by atoms with E-state index in [1.807, 2.05) is 12.1 Å². The Morgan fingerprint density at radius 2 is 1.10 bits per heavy atom. The summed E-state index contributed by atoms with van der Waals surface area (Å²) >= 11 is 7.40. The SMILES string of the molecule is CC1(C)c2ccccc2-c2ccc(N(c3ccc(-c4cc(Br)ccc4Br)cc3)c3ccc(-c4cccc5c4oc4ccccc45)cc3)cc21. The highest BCUT2D eigenvalue weighted by Gasteiger charge is 2.35. The Labute approximate surface area is 302 Å². The second-order valence-corrected chi connectivity index (χ2v) is 15.0. The van der Waals surface area contributed by atoms with Crippen LogP contribution in [0.2, 0.25) is 0 Å². The molecule has 0 spiro atoms. The molecule has 0 aliphatic heterocycles. The summed E-state index contributed by atoms with van der Waals surface area (Å²) in [4.78, 5) is 2.37. The lowest BCUT2D eigenvalue weighted by atomic mass is 9.82. The fraction of sp³-hybridized carbons (Fsp3) is 0.0667. The molecule has 1 aliphatic carbocycles. The molecule has 0 fully saturated rings. The molecular formula is C45H31Br2NO. The molecule has 0 bridgehead atoms. The van der Waals surface area contributed by atoms with Crippen molar-refractivity contribution in [1.29, 1.82) is 0 Å². The topological polar surface area (TPSA) is 16.4 Å². The molecule has 236 valence electrons. The van der Waals surface area contributed by atoms with Crippen LogP contribution in [0.1, 0.15) is 25.0 Å². The van der Waals surface area contributed by atoms with Crippen LogP contribution < -0.4 is 4.90 Å². The van der Waals surface area contributed by atoms with Crippen molar-refractivity contribution in [2.24, 2.45) is 0 Å². The fourth-order valence-electron chi connectivity index (χ4n) is 7.55. The summed E-state index contributed by atoms with van der Waals surface area (Å²) in [7, 11) is 0. The number of fused-ring (bicyclic) bond motifs is 6. The molecule has 49 heavy (non-hydrogen) atoms. The lowest BCUT2D eigenvalue weighted by molar-refractivity contribution is 0.660. The monoisotopic (exact) mass is 759 g/mol. The molecule has 9 rings (SSSR count). The van der Waals surface area contributed by atoms with Crippen LogP contribution in [0.25, 0.3) is 55.3 Å². The molecule has 0 saturated carbocycles. The first kappa shape index (κ1) is 30.2. The number of hydrogen-bond donors (Lipinski definition) is 0. The van der Waals surface area contributed by atoms with Gasteiger partial charge in [-0.25, -0.2) is 0 Å². The third kappa shape index (κ3) is 4.96. The van der Waals surface area contributed by atoms with Gasteiger partial charge in [-0.2, -0.15) is 0 Å². The number of rotatable bonds is 5. The molecule has 0 saturated heterocycles. The van der Waals surface area contributed by atoms with Crippen molar-refractivity contribution < 1.29 is 4.42 Å². The maximum atomic E-state index is 6.39. The van der Waals surface area contributed by atoms with E-state index in [1.54, 1.807) is 0 Å². The van der Waals surface area contributed by atoms with Gasteiger partial charge in [0.15, 0.2) is 0 Å². The van der Waals surface area contributed by atoms with Gasteiger partial charge in [0.25, 0.3) is 0 Å². The zero-order valence-corrected chi connectivity index (χ0v) is 30.2. The maximum absolute atomic E-state index is 6.39. The van der Waals surface area contributed by atoms with Gasteiger partial charge in [-0.1, -0.05) is 137 Å². The number of benzene rings is 7. The van der Waals surface area contributed by atoms with Gasteiger partial charge in [0.2, 0.25) is 0 Å². The highest BCUT2D eigenvalue weighted by Crippen LogP contribution is 2.51. The highest BCUT2D eigenvalue weighted by molar-refractivity contribution is 9.11. The van der Waals surface area contributed by atoms with E-state index in [0.717, 1.165) is 70.2 Å². The summed E-state index contributed by atoms with van der Waals surface area (Å²) in [6.45, 7) is 4.67. The zero-order valence-electron chi connectivity index (χ0n) is 27.0. The number of para-hydroxylation sites is 2. The van der Waals surface area contributed by atoms with Gasteiger partial charge in [-0.3, -0.25) is 0 Å². The standard InChI is InChI=1S/C45H31Br2NO/c1-45(2)40-12-5-3-8-35(40)36-24-23-33(27-41(36)45)48(32-21-16-29(17-22-32)39-26-30(46)18-25-42(39)47)31-19-14-28(15-20-31)34-10-7-11-38-37-9-4-6-13-43(37)49-44(34)38/h3-27H,1-2H3. The highest BCUT2D eigenvalue weighted by atomic mass is 79.9. The van der Waals surface area contributed by atoms with Crippen molar-refractivity contribution in [3.8, 4) is 33.4 Å². The van der Waals surface area contributed by atoms with Gasteiger partial charge in [0, 0.05) is 47.8 Å².